The highest BCUT2D eigenvalue weighted by Gasteiger charge is 2.29. The van der Waals surface area contributed by atoms with E-state index in [4.69, 9.17) is 19.6 Å². The number of carbonyl (C=O) groups excluding carboxylic acids is 1. The van der Waals surface area contributed by atoms with Gasteiger partial charge in [-0.25, -0.2) is 14.6 Å². The standard InChI is InChI=1S/C37H48N6O3/c1-26-19-27(2)43(40-26)34-21-30(20-33(23-34)42-15-17-45-18-16-42)31(22-35(44)46-37(3,4)5)25-41-14-12-28(24-41)8-10-32-11-9-29-7-6-13-38-36(29)39-32/h6-7,9,11,13,19-21,23,28,31H,8,10,12,14-18,22,24-25H2,1-5H3/t28?,31-/m1/s1. The summed E-state index contributed by atoms with van der Waals surface area (Å²) in [6.45, 7) is 15.9. The summed E-state index contributed by atoms with van der Waals surface area (Å²) < 4.78 is 13.6. The summed E-state index contributed by atoms with van der Waals surface area (Å²) in [4.78, 5) is 27.5. The van der Waals surface area contributed by atoms with E-state index >= 15 is 0 Å². The molecule has 2 aliphatic heterocycles. The number of hydrogen-bond acceptors (Lipinski definition) is 8. The van der Waals surface area contributed by atoms with Gasteiger partial charge in [0, 0.05) is 60.8 Å². The van der Waals surface area contributed by atoms with Gasteiger partial charge >= 0.3 is 5.97 Å². The fourth-order valence-electron chi connectivity index (χ4n) is 6.85. The largest absolute Gasteiger partial charge is 0.460 e. The molecule has 0 amide bonds. The Labute approximate surface area is 272 Å². The van der Waals surface area contributed by atoms with Gasteiger partial charge in [0.1, 0.15) is 5.60 Å². The maximum absolute atomic E-state index is 13.3. The number of pyridine rings is 2. The molecule has 0 radical (unpaired) electrons. The lowest BCUT2D eigenvalue weighted by Crippen LogP contribution is -2.36. The minimum Gasteiger partial charge on any atom is -0.460 e. The highest BCUT2D eigenvalue weighted by atomic mass is 16.6. The molecule has 0 saturated carbocycles. The molecular weight excluding hydrogens is 576 g/mol. The Bertz CT molecular complexity index is 1650. The summed E-state index contributed by atoms with van der Waals surface area (Å²) in [6.07, 6.45) is 5.32. The van der Waals surface area contributed by atoms with E-state index in [1.54, 1.807) is 6.20 Å². The number of anilines is 1. The zero-order valence-electron chi connectivity index (χ0n) is 28.0. The van der Waals surface area contributed by atoms with E-state index in [1.807, 2.05) is 38.4 Å². The maximum Gasteiger partial charge on any atom is 0.306 e. The molecule has 9 nitrogen and oxygen atoms in total. The quantitative estimate of drug-likeness (QED) is 0.198. The van der Waals surface area contributed by atoms with Crippen molar-refractivity contribution in [3.05, 3.63) is 77.4 Å². The van der Waals surface area contributed by atoms with Crippen LogP contribution in [0.5, 0.6) is 0 Å². The summed E-state index contributed by atoms with van der Waals surface area (Å²) in [6, 6.07) is 17.1. The summed E-state index contributed by atoms with van der Waals surface area (Å²) in [5.41, 5.74) is 6.78. The van der Waals surface area contributed by atoms with E-state index < -0.39 is 5.60 Å². The van der Waals surface area contributed by atoms with Crippen LogP contribution in [0.1, 0.15) is 68.6 Å². The smallest absolute Gasteiger partial charge is 0.306 e. The second kappa shape index (κ2) is 13.9. The summed E-state index contributed by atoms with van der Waals surface area (Å²) in [7, 11) is 0. The van der Waals surface area contributed by atoms with Crippen molar-refractivity contribution < 1.29 is 14.3 Å². The number of carbonyl (C=O) groups is 1. The first-order valence-electron chi connectivity index (χ1n) is 16.8. The normalized spacial score (nSPS) is 18.3. The maximum atomic E-state index is 13.3. The lowest BCUT2D eigenvalue weighted by atomic mass is 9.93. The Morgan fingerprint density at radius 1 is 1.04 bits per heavy atom. The second-order valence-electron chi connectivity index (χ2n) is 14.0. The van der Waals surface area contributed by atoms with Gasteiger partial charge in [-0.1, -0.05) is 0 Å². The van der Waals surface area contributed by atoms with E-state index in [1.165, 1.54) is 0 Å². The van der Waals surface area contributed by atoms with E-state index in [9.17, 15) is 4.79 Å². The van der Waals surface area contributed by atoms with Gasteiger partial charge in [-0.15, -0.1) is 0 Å². The monoisotopic (exact) mass is 624 g/mol. The molecule has 4 aromatic rings. The molecule has 1 aromatic carbocycles. The first kappa shape index (κ1) is 32.1. The molecule has 0 bridgehead atoms. The van der Waals surface area contributed by atoms with Crippen molar-refractivity contribution >= 4 is 22.7 Å². The predicted octanol–water partition coefficient (Wildman–Crippen LogP) is 6.04. The van der Waals surface area contributed by atoms with E-state index in [2.05, 4.69) is 64.2 Å². The Balaban J connectivity index is 1.22. The molecule has 3 aromatic heterocycles. The SMILES string of the molecule is Cc1cc(C)n(-c2cc([C@H](CC(=O)OC(C)(C)C)CN3CCC(CCc4ccc5cccnc5n4)C3)cc(N3CCOCC3)c2)n1. The lowest BCUT2D eigenvalue weighted by Gasteiger charge is -2.31. The molecule has 1 unspecified atom stereocenters. The number of esters is 1. The molecule has 2 aliphatic rings. The fourth-order valence-corrected chi connectivity index (χ4v) is 6.85. The van der Waals surface area contributed by atoms with Gasteiger partial charge in [0.05, 0.1) is 31.0 Å². The molecule has 0 N–H and O–H groups in total. The van der Waals surface area contributed by atoms with Crippen molar-refractivity contribution in [2.75, 3.05) is 50.8 Å². The van der Waals surface area contributed by atoms with E-state index in [-0.39, 0.29) is 11.9 Å². The van der Waals surface area contributed by atoms with Gasteiger partial charge in [-0.2, -0.15) is 5.10 Å². The third-order valence-corrected chi connectivity index (χ3v) is 9.04. The number of nitrogens with zero attached hydrogens (tertiary/aromatic N) is 6. The zero-order valence-corrected chi connectivity index (χ0v) is 28.0. The molecule has 2 atom stereocenters. The second-order valence-corrected chi connectivity index (χ2v) is 14.0. The van der Waals surface area contributed by atoms with Crippen LogP contribution in [0, 0.1) is 19.8 Å². The van der Waals surface area contributed by atoms with Crippen LogP contribution >= 0.6 is 0 Å². The Morgan fingerprint density at radius 2 is 1.85 bits per heavy atom. The van der Waals surface area contributed by atoms with Crippen molar-refractivity contribution in [2.24, 2.45) is 5.92 Å². The average Bonchev–Trinajstić information content (AvgIpc) is 3.63. The van der Waals surface area contributed by atoms with Crippen LogP contribution < -0.4 is 4.90 Å². The Morgan fingerprint density at radius 3 is 2.61 bits per heavy atom. The topological polar surface area (TPSA) is 85.6 Å². The predicted molar refractivity (Wildman–Crippen MR) is 182 cm³/mol. The molecule has 0 spiro atoms. The molecule has 5 heterocycles. The Kier molecular flexibility index (Phi) is 9.70. The average molecular weight is 625 g/mol. The molecule has 9 heteroatoms. The van der Waals surface area contributed by atoms with Gasteiger partial charge in [-0.3, -0.25) is 4.79 Å². The summed E-state index contributed by atoms with van der Waals surface area (Å²) in [5.74, 6) is 0.417. The number of aryl methyl sites for hydroxylation is 3. The minimum atomic E-state index is -0.531. The van der Waals surface area contributed by atoms with Crippen LogP contribution in [-0.4, -0.2) is 82.2 Å². The third kappa shape index (κ3) is 8.12. The molecule has 2 fully saturated rings. The molecule has 6 rings (SSSR count). The van der Waals surface area contributed by atoms with Gasteiger partial charge < -0.3 is 19.3 Å². The molecule has 0 aliphatic carbocycles. The number of ether oxygens (including phenoxy) is 2. The Hall–Kier alpha value is -3.82. The number of aromatic nitrogens is 4. The number of fused-ring (bicyclic) bond motifs is 1. The van der Waals surface area contributed by atoms with Gasteiger partial charge in [0.15, 0.2) is 5.65 Å². The first-order valence-corrected chi connectivity index (χ1v) is 16.8. The lowest BCUT2D eigenvalue weighted by molar-refractivity contribution is -0.155. The summed E-state index contributed by atoms with van der Waals surface area (Å²) in [5, 5.41) is 5.89. The fraction of sp³-hybridized carbons (Fsp3) is 0.514. The number of rotatable bonds is 10. The van der Waals surface area contributed by atoms with Crippen LogP contribution in [0.15, 0.2) is 54.7 Å². The zero-order chi connectivity index (χ0) is 32.3. The summed E-state index contributed by atoms with van der Waals surface area (Å²) >= 11 is 0. The molecular formula is C37H48N6O3. The van der Waals surface area contributed by atoms with Crippen molar-refractivity contribution in [3.8, 4) is 5.69 Å². The minimum absolute atomic E-state index is 0.0152. The number of likely N-dealkylation sites (tertiary alicyclic amines) is 1. The molecule has 46 heavy (non-hydrogen) atoms. The number of hydrogen-bond donors (Lipinski definition) is 0. The van der Waals surface area contributed by atoms with E-state index in [0.29, 0.717) is 25.6 Å². The van der Waals surface area contributed by atoms with E-state index in [0.717, 1.165) is 97.0 Å². The van der Waals surface area contributed by atoms with Crippen molar-refractivity contribution in [1.82, 2.24) is 24.6 Å². The highest BCUT2D eigenvalue weighted by molar-refractivity contribution is 5.74. The van der Waals surface area contributed by atoms with Crippen LogP contribution in [0.25, 0.3) is 16.7 Å². The number of morpholine rings is 1. The van der Waals surface area contributed by atoms with Gasteiger partial charge in [0.25, 0.3) is 0 Å². The van der Waals surface area contributed by atoms with Gasteiger partial charge in [-0.05, 0) is 120 Å². The molecule has 244 valence electrons. The van der Waals surface area contributed by atoms with Crippen molar-refractivity contribution in [3.63, 3.8) is 0 Å². The van der Waals surface area contributed by atoms with Crippen LogP contribution in [0.2, 0.25) is 0 Å². The van der Waals surface area contributed by atoms with Crippen molar-refractivity contribution in [1.29, 1.82) is 0 Å². The number of benzene rings is 1. The van der Waals surface area contributed by atoms with Crippen LogP contribution in [0.3, 0.4) is 0 Å². The van der Waals surface area contributed by atoms with Crippen molar-refractivity contribution in [2.45, 2.75) is 71.8 Å². The van der Waals surface area contributed by atoms with Gasteiger partial charge in [0.2, 0.25) is 0 Å². The van der Waals surface area contributed by atoms with Crippen LogP contribution in [-0.2, 0) is 20.7 Å². The van der Waals surface area contributed by atoms with Crippen LogP contribution in [0.4, 0.5) is 5.69 Å². The highest BCUT2D eigenvalue weighted by Crippen LogP contribution is 2.33. The molecule has 2 saturated heterocycles. The first-order chi connectivity index (χ1) is 22.1. The third-order valence-electron chi connectivity index (χ3n) is 9.04.